The van der Waals surface area contributed by atoms with Crippen LogP contribution in [0.4, 0.5) is 5.69 Å². The third-order valence-corrected chi connectivity index (χ3v) is 3.16. The highest BCUT2D eigenvalue weighted by atomic mass is 16.5. The molecule has 0 aliphatic heterocycles. The summed E-state index contributed by atoms with van der Waals surface area (Å²) in [5.74, 6) is 0.872. The van der Waals surface area contributed by atoms with Gasteiger partial charge in [-0.3, -0.25) is 4.79 Å². The number of amides is 1. The molecule has 1 aromatic rings. The van der Waals surface area contributed by atoms with E-state index in [1.807, 2.05) is 31.2 Å². The summed E-state index contributed by atoms with van der Waals surface area (Å²) in [5.41, 5.74) is 1.85. The van der Waals surface area contributed by atoms with Crippen molar-refractivity contribution in [2.75, 3.05) is 18.5 Å². The Morgan fingerprint density at radius 3 is 2.82 bits per heavy atom. The molecule has 0 aromatic heterocycles. The molecule has 0 unspecified atom stereocenters. The third-order valence-electron chi connectivity index (χ3n) is 3.16. The van der Waals surface area contributed by atoms with Crippen molar-refractivity contribution in [3.05, 3.63) is 36.4 Å². The lowest BCUT2D eigenvalue weighted by molar-refractivity contribution is -0.115. The third kappa shape index (κ3) is 6.76. The van der Waals surface area contributed by atoms with Gasteiger partial charge in [0.25, 0.3) is 0 Å². The van der Waals surface area contributed by atoms with Gasteiger partial charge in [0.2, 0.25) is 5.91 Å². The van der Waals surface area contributed by atoms with Crippen molar-refractivity contribution in [3.8, 4) is 5.75 Å². The average molecular weight is 304 g/mol. The molecule has 0 fully saturated rings. The first-order valence-electron chi connectivity index (χ1n) is 7.96. The zero-order valence-electron chi connectivity index (χ0n) is 13.9. The van der Waals surface area contributed by atoms with Gasteiger partial charge in [0, 0.05) is 18.2 Å². The minimum Gasteiger partial charge on any atom is -0.493 e. The first kappa shape index (κ1) is 18.2. The van der Waals surface area contributed by atoms with E-state index in [1.165, 1.54) is 0 Å². The van der Waals surface area contributed by atoms with Crippen molar-refractivity contribution >= 4 is 11.6 Å². The Bertz CT molecular complexity index is 484. The van der Waals surface area contributed by atoms with Gasteiger partial charge in [-0.15, -0.1) is 6.58 Å². The first-order valence-corrected chi connectivity index (χ1v) is 7.96. The van der Waals surface area contributed by atoms with Gasteiger partial charge in [-0.2, -0.15) is 0 Å². The number of rotatable bonds is 10. The zero-order chi connectivity index (χ0) is 16.4. The van der Waals surface area contributed by atoms with Crippen molar-refractivity contribution in [2.24, 2.45) is 0 Å². The van der Waals surface area contributed by atoms with Gasteiger partial charge in [0.1, 0.15) is 5.75 Å². The topological polar surface area (TPSA) is 50.4 Å². The molecule has 2 N–H and O–H groups in total. The largest absolute Gasteiger partial charge is 0.493 e. The molecule has 0 heterocycles. The number of allylic oxidation sites excluding steroid dienone is 1. The normalized spacial score (nSPS) is 10.5. The molecule has 0 spiro atoms. The van der Waals surface area contributed by atoms with Crippen LogP contribution in [0.25, 0.3) is 0 Å². The van der Waals surface area contributed by atoms with Crippen molar-refractivity contribution in [1.82, 2.24) is 5.32 Å². The summed E-state index contributed by atoms with van der Waals surface area (Å²) in [6.45, 7) is 11.5. The summed E-state index contributed by atoms with van der Waals surface area (Å²) in [6.07, 6.45) is 3.99. The smallest absolute Gasteiger partial charge is 0.224 e. The minimum atomic E-state index is 0.0120. The number of hydrogen-bond acceptors (Lipinski definition) is 3. The molecule has 0 radical (unpaired) electrons. The monoisotopic (exact) mass is 304 g/mol. The molecular weight excluding hydrogens is 276 g/mol. The summed E-state index contributed by atoms with van der Waals surface area (Å²) < 4.78 is 5.86. The first-order chi connectivity index (χ1) is 10.6. The van der Waals surface area contributed by atoms with Gasteiger partial charge < -0.3 is 15.4 Å². The number of carbonyl (C=O) groups excluding carboxylic acids is 1. The number of ether oxygens (including phenoxy) is 1. The fourth-order valence-electron chi connectivity index (χ4n) is 2.01. The van der Waals surface area contributed by atoms with Crippen molar-refractivity contribution in [3.63, 3.8) is 0 Å². The molecule has 22 heavy (non-hydrogen) atoms. The van der Waals surface area contributed by atoms with Crippen LogP contribution in [0.2, 0.25) is 0 Å². The molecule has 0 bridgehead atoms. The number of carbonyl (C=O) groups is 1. The van der Waals surface area contributed by atoms with Gasteiger partial charge in [0.15, 0.2) is 0 Å². The average Bonchev–Trinajstić information content (AvgIpc) is 2.48. The molecule has 0 aliphatic carbocycles. The minimum absolute atomic E-state index is 0.0120. The van der Waals surface area contributed by atoms with E-state index in [0.717, 1.165) is 36.4 Å². The molecule has 1 rings (SSSR count). The Labute approximate surface area is 133 Å². The Morgan fingerprint density at radius 1 is 1.41 bits per heavy atom. The van der Waals surface area contributed by atoms with E-state index in [1.54, 1.807) is 0 Å². The summed E-state index contributed by atoms with van der Waals surface area (Å²) in [7, 11) is 0. The van der Waals surface area contributed by atoms with Crippen LogP contribution in [0.5, 0.6) is 5.75 Å². The van der Waals surface area contributed by atoms with Crippen molar-refractivity contribution in [1.29, 1.82) is 0 Å². The molecule has 1 amide bonds. The Balaban J connectivity index is 2.61. The van der Waals surface area contributed by atoms with E-state index in [-0.39, 0.29) is 5.91 Å². The van der Waals surface area contributed by atoms with Crippen molar-refractivity contribution < 1.29 is 9.53 Å². The highest BCUT2D eigenvalue weighted by Crippen LogP contribution is 2.24. The van der Waals surface area contributed by atoms with Crippen LogP contribution in [0.1, 0.15) is 39.2 Å². The van der Waals surface area contributed by atoms with E-state index < -0.39 is 0 Å². The summed E-state index contributed by atoms with van der Waals surface area (Å²) in [4.78, 5) is 11.5. The lowest BCUT2D eigenvalue weighted by atomic mass is 10.1. The number of nitrogens with one attached hydrogen (secondary N) is 2. The van der Waals surface area contributed by atoms with E-state index in [9.17, 15) is 4.79 Å². The lowest BCUT2D eigenvalue weighted by Gasteiger charge is -2.13. The molecule has 4 nitrogen and oxygen atoms in total. The molecule has 122 valence electrons. The van der Waals surface area contributed by atoms with E-state index in [0.29, 0.717) is 19.1 Å². The van der Waals surface area contributed by atoms with E-state index >= 15 is 0 Å². The van der Waals surface area contributed by atoms with Gasteiger partial charge in [-0.05, 0) is 43.1 Å². The maximum absolute atomic E-state index is 11.5. The zero-order valence-corrected chi connectivity index (χ0v) is 13.9. The molecular formula is C18H28N2O2. The fraction of sp³-hybridized carbons (Fsp3) is 0.500. The Hall–Kier alpha value is -1.81. The maximum atomic E-state index is 11.5. The van der Waals surface area contributed by atoms with Crippen LogP contribution in [0.15, 0.2) is 30.9 Å². The Kier molecular flexibility index (Phi) is 8.30. The van der Waals surface area contributed by atoms with Crippen LogP contribution in [0, 0.1) is 0 Å². The summed E-state index contributed by atoms with van der Waals surface area (Å²) in [6, 6.07) is 6.25. The highest BCUT2D eigenvalue weighted by Gasteiger charge is 2.06. The van der Waals surface area contributed by atoms with E-state index in [4.69, 9.17) is 4.74 Å². The number of benzene rings is 1. The molecule has 0 saturated heterocycles. The Morgan fingerprint density at radius 2 is 2.18 bits per heavy atom. The van der Waals surface area contributed by atoms with Crippen LogP contribution < -0.4 is 15.4 Å². The van der Waals surface area contributed by atoms with Gasteiger partial charge >= 0.3 is 0 Å². The maximum Gasteiger partial charge on any atom is 0.224 e. The predicted molar refractivity (Wildman–Crippen MR) is 92.5 cm³/mol. The number of anilines is 1. The summed E-state index contributed by atoms with van der Waals surface area (Å²) in [5, 5.41) is 6.23. The van der Waals surface area contributed by atoms with Crippen molar-refractivity contribution in [2.45, 2.75) is 46.1 Å². The highest BCUT2D eigenvalue weighted by molar-refractivity contribution is 5.90. The van der Waals surface area contributed by atoms with Crippen LogP contribution in [-0.4, -0.2) is 25.1 Å². The molecule has 1 aromatic carbocycles. The van der Waals surface area contributed by atoms with E-state index in [2.05, 4.69) is 31.1 Å². The van der Waals surface area contributed by atoms with Gasteiger partial charge in [0.05, 0.1) is 6.61 Å². The standard InChI is InChI=1S/C18H28N2O2/c1-5-8-15-13-16(20-18(21)6-2)9-10-17(15)22-12-7-11-19-14(3)4/h5,9-10,13-14,19H,1,6-8,11-12H2,2-4H3,(H,20,21). The SMILES string of the molecule is C=CCc1cc(NC(=O)CC)ccc1OCCCNC(C)C. The van der Waals surface area contributed by atoms with Gasteiger partial charge in [-0.1, -0.05) is 26.8 Å². The predicted octanol–water partition coefficient (Wildman–Crippen LogP) is 3.53. The second-order valence-electron chi connectivity index (χ2n) is 5.53. The second kappa shape index (κ2) is 10.0. The second-order valence-corrected chi connectivity index (χ2v) is 5.53. The van der Waals surface area contributed by atoms with Crippen LogP contribution in [0.3, 0.4) is 0 Å². The molecule has 4 heteroatoms. The summed E-state index contributed by atoms with van der Waals surface area (Å²) >= 11 is 0. The lowest BCUT2D eigenvalue weighted by Crippen LogP contribution is -2.24. The van der Waals surface area contributed by atoms with Gasteiger partial charge in [-0.25, -0.2) is 0 Å². The van der Waals surface area contributed by atoms with Crippen LogP contribution in [-0.2, 0) is 11.2 Å². The molecule has 0 saturated carbocycles. The molecule has 0 aliphatic rings. The molecule has 0 atom stereocenters. The quantitative estimate of drug-likeness (QED) is 0.513. The fourth-order valence-corrected chi connectivity index (χ4v) is 2.01. The van der Waals surface area contributed by atoms with Crippen LogP contribution >= 0.6 is 0 Å². The number of hydrogen-bond donors (Lipinski definition) is 2.